The van der Waals surface area contributed by atoms with E-state index in [0.717, 1.165) is 12.0 Å². The number of benzene rings is 2. The fourth-order valence-corrected chi connectivity index (χ4v) is 2.35. The maximum atomic E-state index is 13.6. The molecular formula is C20H22FNO4. The lowest BCUT2D eigenvalue weighted by Gasteiger charge is -2.14. The molecule has 0 saturated heterocycles. The average molecular weight is 359 g/mol. The molecule has 2 aromatic rings. The summed E-state index contributed by atoms with van der Waals surface area (Å²) in [4.78, 5) is 24.1. The molecule has 26 heavy (non-hydrogen) atoms. The summed E-state index contributed by atoms with van der Waals surface area (Å²) in [5.41, 5.74) is 2.23. The molecule has 0 heterocycles. The van der Waals surface area contributed by atoms with Crippen molar-refractivity contribution in [1.29, 1.82) is 0 Å². The largest absolute Gasteiger partial charge is 0.494 e. The maximum Gasteiger partial charge on any atom is 0.311 e. The van der Waals surface area contributed by atoms with Gasteiger partial charge in [0.05, 0.1) is 13.5 Å². The summed E-state index contributed by atoms with van der Waals surface area (Å²) in [6, 6.07) is 11.7. The average Bonchev–Trinajstić information content (AvgIpc) is 2.62. The van der Waals surface area contributed by atoms with Crippen molar-refractivity contribution in [1.82, 2.24) is 0 Å². The number of carbonyl (C=O) groups is 2. The lowest BCUT2D eigenvalue weighted by atomic mass is 10.1. The summed E-state index contributed by atoms with van der Waals surface area (Å²) in [5, 5.41) is 2.69. The Morgan fingerprint density at radius 2 is 1.77 bits per heavy atom. The van der Waals surface area contributed by atoms with Gasteiger partial charge in [0.2, 0.25) is 0 Å². The third kappa shape index (κ3) is 5.31. The van der Waals surface area contributed by atoms with Crippen molar-refractivity contribution in [2.75, 3.05) is 12.4 Å². The minimum absolute atomic E-state index is 0.101. The highest BCUT2D eigenvalue weighted by atomic mass is 19.1. The molecule has 0 aliphatic heterocycles. The number of anilines is 1. The van der Waals surface area contributed by atoms with Gasteiger partial charge < -0.3 is 14.8 Å². The van der Waals surface area contributed by atoms with Crippen LogP contribution in [0, 0.1) is 5.82 Å². The fraction of sp³-hybridized carbons (Fsp3) is 0.300. The topological polar surface area (TPSA) is 64.6 Å². The molecule has 2 rings (SSSR count). The van der Waals surface area contributed by atoms with E-state index in [1.165, 1.54) is 26.2 Å². The van der Waals surface area contributed by atoms with E-state index in [2.05, 4.69) is 5.32 Å². The minimum atomic E-state index is -0.962. The van der Waals surface area contributed by atoms with Gasteiger partial charge in [0.15, 0.2) is 17.7 Å². The number of hydrogen-bond acceptors (Lipinski definition) is 4. The van der Waals surface area contributed by atoms with Crippen LogP contribution in [0.1, 0.15) is 25.0 Å². The molecule has 1 N–H and O–H groups in total. The van der Waals surface area contributed by atoms with Crippen molar-refractivity contribution in [3.63, 3.8) is 0 Å². The van der Waals surface area contributed by atoms with E-state index in [1.807, 2.05) is 19.1 Å². The Bertz CT molecular complexity index is 774. The van der Waals surface area contributed by atoms with Crippen molar-refractivity contribution in [3.8, 4) is 5.75 Å². The summed E-state index contributed by atoms with van der Waals surface area (Å²) in [7, 11) is 1.36. The number of halogens is 1. The SMILES string of the molecule is CCc1ccc(NC(=O)[C@@H](C)OC(=O)Cc2ccc(OC)c(F)c2)cc1. The lowest BCUT2D eigenvalue weighted by molar-refractivity contribution is -0.152. The highest BCUT2D eigenvalue weighted by molar-refractivity contribution is 5.95. The molecular weight excluding hydrogens is 337 g/mol. The smallest absolute Gasteiger partial charge is 0.311 e. The van der Waals surface area contributed by atoms with Gasteiger partial charge in [0, 0.05) is 5.69 Å². The summed E-state index contributed by atoms with van der Waals surface area (Å²) in [6.45, 7) is 3.53. The first-order valence-corrected chi connectivity index (χ1v) is 8.34. The van der Waals surface area contributed by atoms with Gasteiger partial charge in [-0.15, -0.1) is 0 Å². The molecule has 0 radical (unpaired) electrons. The summed E-state index contributed by atoms with van der Waals surface area (Å²) in [5.74, 6) is -1.50. The third-order valence-corrected chi connectivity index (χ3v) is 3.87. The van der Waals surface area contributed by atoms with Crippen LogP contribution in [-0.4, -0.2) is 25.1 Å². The second kappa shape index (κ2) is 8.99. The number of aryl methyl sites for hydroxylation is 1. The number of carbonyl (C=O) groups excluding carboxylic acids is 2. The fourth-order valence-electron chi connectivity index (χ4n) is 2.35. The Morgan fingerprint density at radius 3 is 2.35 bits per heavy atom. The van der Waals surface area contributed by atoms with Crippen LogP contribution in [0.2, 0.25) is 0 Å². The van der Waals surface area contributed by atoms with E-state index < -0.39 is 23.8 Å². The minimum Gasteiger partial charge on any atom is -0.494 e. The number of rotatable bonds is 7. The van der Waals surface area contributed by atoms with E-state index in [1.54, 1.807) is 18.2 Å². The van der Waals surface area contributed by atoms with Gasteiger partial charge in [-0.1, -0.05) is 25.1 Å². The first-order valence-electron chi connectivity index (χ1n) is 8.34. The van der Waals surface area contributed by atoms with Crippen LogP contribution in [0.5, 0.6) is 5.75 Å². The Hall–Kier alpha value is -2.89. The number of methoxy groups -OCH3 is 1. The monoisotopic (exact) mass is 359 g/mol. The molecule has 0 spiro atoms. The Balaban J connectivity index is 1.88. The van der Waals surface area contributed by atoms with E-state index in [0.29, 0.717) is 11.3 Å². The van der Waals surface area contributed by atoms with Crippen molar-refractivity contribution >= 4 is 17.6 Å². The van der Waals surface area contributed by atoms with Gasteiger partial charge in [-0.05, 0) is 48.7 Å². The first-order chi connectivity index (χ1) is 12.4. The van der Waals surface area contributed by atoms with Crippen LogP contribution >= 0.6 is 0 Å². The number of ether oxygens (including phenoxy) is 2. The van der Waals surface area contributed by atoms with Crippen molar-refractivity contribution in [2.24, 2.45) is 0 Å². The van der Waals surface area contributed by atoms with Gasteiger partial charge in [-0.25, -0.2) is 4.39 Å². The van der Waals surface area contributed by atoms with Crippen LogP contribution < -0.4 is 10.1 Å². The summed E-state index contributed by atoms with van der Waals surface area (Å²) in [6.07, 6.45) is -0.186. The van der Waals surface area contributed by atoms with Gasteiger partial charge >= 0.3 is 5.97 Å². The van der Waals surface area contributed by atoms with Gasteiger partial charge in [0.1, 0.15) is 0 Å². The zero-order valence-electron chi connectivity index (χ0n) is 15.0. The molecule has 138 valence electrons. The predicted molar refractivity (Wildman–Crippen MR) is 96.7 cm³/mol. The molecule has 1 atom stereocenters. The number of esters is 1. The molecule has 6 heteroatoms. The first kappa shape index (κ1) is 19.4. The van der Waals surface area contributed by atoms with Crippen molar-refractivity contribution < 1.29 is 23.5 Å². The zero-order valence-corrected chi connectivity index (χ0v) is 15.0. The summed E-state index contributed by atoms with van der Waals surface area (Å²) >= 11 is 0. The highest BCUT2D eigenvalue weighted by Crippen LogP contribution is 2.18. The molecule has 5 nitrogen and oxygen atoms in total. The van der Waals surface area contributed by atoms with Gasteiger partial charge in [0.25, 0.3) is 5.91 Å². The van der Waals surface area contributed by atoms with Crippen molar-refractivity contribution in [3.05, 3.63) is 59.4 Å². The number of hydrogen-bond donors (Lipinski definition) is 1. The van der Waals surface area contributed by atoms with Crippen LogP contribution in [0.3, 0.4) is 0 Å². The predicted octanol–water partition coefficient (Wildman–Crippen LogP) is 3.51. The van der Waals surface area contributed by atoms with E-state index in [9.17, 15) is 14.0 Å². The third-order valence-electron chi connectivity index (χ3n) is 3.87. The van der Waals surface area contributed by atoms with Crippen molar-refractivity contribution in [2.45, 2.75) is 32.8 Å². The van der Waals surface area contributed by atoms with Crippen LogP contribution in [0.15, 0.2) is 42.5 Å². The molecule has 0 aliphatic rings. The standard InChI is InChI=1S/C20H22FNO4/c1-4-14-5-8-16(9-6-14)22-20(24)13(2)26-19(23)12-15-7-10-18(25-3)17(21)11-15/h5-11,13H,4,12H2,1-3H3,(H,22,24)/t13-/m1/s1. The Labute approximate surface area is 152 Å². The van der Waals surface area contributed by atoms with E-state index >= 15 is 0 Å². The zero-order chi connectivity index (χ0) is 19.1. The molecule has 1 amide bonds. The molecule has 0 bridgehead atoms. The molecule has 0 aromatic heterocycles. The van der Waals surface area contributed by atoms with E-state index in [-0.39, 0.29) is 12.2 Å². The second-order valence-electron chi connectivity index (χ2n) is 5.82. The number of nitrogens with one attached hydrogen (secondary N) is 1. The molecule has 2 aromatic carbocycles. The molecule has 0 aliphatic carbocycles. The van der Waals surface area contributed by atoms with Gasteiger partial charge in [-0.2, -0.15) is 0 Å². The molecule has 0 unspecified atom stereocenters. The van der Waals surface area contributed by atoms with Crippen LogP contribution in [0.4, 0.5) is 10.1 Å². The number of amides is 1. The molecule has 0 saturated carbocycles. The second-order valence-corrected chi connectivity index (χ2v) is 5.82. The Kier molecular flexibility index (Phi) is 6.72. The van der Waals surface area contributed by atoms with Crippen LogP contribution in [0.25, 0.3) is 0 Å². The van der Waals surface area contributed by atoms with E-state index in [4.69, 9.17) is 9.47 Å². The lowest BCUT2D eigenvalue weighted by Crippen LogP contribution is -2.30. The van der Waals surface area contributed by atoms with Gasteiger partial charge in [-0.3, -0.25) is 9.59 Å². The quantitative estimate of drug-likeness (QED) is 0.769. The Morgan fingerprint density at radius 1 is 1.12 bits per heavy atom. The highest BCUT2D eigenvalue weighted by Gasteiger charge is 2.18. The maximum absolute atomic E-state index is 13.6. The molecule has 0 fully saturated rings. The summed E-state index contributed by atoms with van der Waals surface area (Å²) < 4.78 is 23.6. The van der Waals surface area contributed by atoms with Crippen LogP contribution in [-0.2, 0) is 27.2 Å². The normalized spacial score (nSPS) is 11.5.